The van der Waals surface area contributed by atoms with Crippen LogP contribution in [0.3, 0.4) is 0 Å². The zero-order chi connectivity index (χ0) is 12.1. The van der Waals surface area contributed by atoms with Gasteiger partial charge >= 0.3 is 12.0 Å². The second kappa shape index (κ2) is 5.72. The van der Waals surface area contributed by atoms with Crippen LogP contribution in [0.1, 0.15) is 33.1 Å². The average Bonchev–Trinajstić information content (AvgIpc) is 2.65. The lowest BCUT2D eigenvalue weighted by Crippen LogP contribution is -2.46. The highest BCUT2D eigenvalue weighted by Crippen LogP contribution is 2.17. The fourth-order valence-electron chi connectivity index (χ4n) is 1.84. The van der Waals surface area contributed by atoms with Crippen LogP contribution in [-0.4, -0.2) is 41.1 Å². The number of carboxylic acids is 1. The third kappa shape index (κ3) is 3.40. The fourth-order valence-corrected chi connectivity index (χ4v) is 1.84. The van der Waals surface area contributed by atoms with Crippen LogP contribution < -0.4 is 5.32 Å². The molecule has 5 nitrogen and oxygen atoms in total. The number of rotatable bonds is 4. The summed E-state index contributed by atoms with van der Waals surface area (Å²) >= 11 is 0. The zero-order valence-electron chi connectivity index (χ0n) is 9.90. The van der Waals surface area contributed by atoms with E-state index in [1.54, 1.807) is 0 Å². The molecular formula is C11H20N2O3. The molecule has 0 radical (unpaired) electrons. The van der Waals surface area contributed by atoms with E-state index in [0.717, 1.165) is 12.8 Å². The van der Waals surface area contributed by atoms with Crippen LogP contribution in [0.15, 0.2) is 0 Å². The molecule has 1 atom stereocenters. The van der Waals surface area contributed by atoms with E-state index in [4.69, 9.17) is 5.11 Å². The molecule has 0 bridgehead atoms. The van der Waals surface area contributed by atoms with Crippen LogP contribution in [0.5, 0.6) is 0 Å². The lowest BCUT2D eigenvalue weighted by atomic mass is 10.1. The van der Waals surface area contributed by atoms with Gasteiger partial charge in [0.25, 0.3) is 0 Å². The second-order valence-corrected chi connectivity index (χ2v) is 4.60. The van der Waals surface area contributed by atoms with Crippen LogP contribution in [0.4, 0.5) is 4.79 Å². The number of carbonyl (C=O) groups excluding carboxylic acids is 1. The Hall–Kier alpha value is -1.26. The first-order chi connectivity index (χ1) is 7.52. The summed E-state index contributed by atoms with van der Waals surface area (Å²) in [6.45, 7) is 5.33. The molecule has 0 aromatic carbocycles. The molecular weight excluding hydrogens is 208 g/mol. The minimum absolute atomic E-state index is 0.245. The van der Waals surface area contributed by atoms with Gasteiger partial charge in [-0.2, -0.15) is 0 Å². The Morgan fingerprint density at radius 2 is 2.19 bits per heavy atom. The van der Waals surface area contributed by atoms with Gasteiger partial charge in [-0.3, -0.25) is 0 Å². The predicted octanol–water partition coefficient (Wildman–Crippen LogP) is 1.29. The summed E-state index contributed by atoms with van der Waals surface area (Å²) in [5.41, 5.74) is 0. The molecule has 5 heteroatoms. The number of amides is 2. The van der Waals surface area contributed by atoms with Crippen LogP contribution in [0.25, 0.3) is 0 Å². The number of urea groups is 1. The van der Waals surface area contributed by atoms with Crippen molar-refractivity contribution in [2.75, 3.05) is 13.1 Å². The molecule has 92 valence electrons. The highest BCUT2D eigenvalue weighted by Gasteiger charge is 2.33. The summed E-state index contributed by atoms with van der Waals surface area (Å²) < 4.78 is 0. The van der Waals surface area contributed by atoms with Gasteiger partial charge in [0.1, 0.15) is 6.04 Å². The fraction of sp³-hybridized carbons (Fsp3) is 0.818. The van der Waals surface area contributed by atoms with Crippen molar-refractivity contribution in [3.05, 3.63) is 0 Å². The normalized spacial score (nSPS) is 20.2. The average molecular weight is 228 g/mol. The van der Waals surface area contributed by atoms with E-state index < -0.39 is 12.0 Å². The van der Waals surface area contributed by atoms with Gasteiger partial charge in [-0.25, -0.2) is 9.59 Å². The minimum atomic E-state index is -0.906. The number of nitrogens with one attached hydrogen (secondary N) is 1. The molecule has 16 heavy (non-hydrogen) atoms. The van der Waals surface area contributed by atoms with E-state index in [1.807, 2.05) is 0 Å². The molecule has 1 unspecified atom stereocenters. The molecule has 1 rings (SSSR count). The molecule has 1 heterocycles. The van der Waals surface area contributed by atoms with Gasteiger partial charge in [-0.1, -0.05) is 13.8 Å². The van der Waals surface area contributed by atoms with Crippen molar-refractivity contribution in [1.29, 1.82) is 0 Å². The van der Waals surface area contributed by atoms with Gasteiger partial charge < -0.3 is 15.3 Å². The molecule has 2 amide bonds. The standard InChI is InChI=1S/C11H20N2O3/c1-8(2)5-6-12-11(16)13-7-3-4-9(13)10(14)15/h8-9H,3-7H2,1-2H3,(H,12,16)(H,14,15). The lowest BCUT2D eigenvalue weighted by molar-refractivity contribution is -0.141. The SMILES string of the molecule is CC(C)CCNC(=O)N1CCCC1C(=O)O. The van der Waals surface area contributed by atoms with Crippen molar-refractivity contribution >= 4 is 12.0 Å². The van der Waals surface area contributed by atoms with Crippen LogP contribution >= 0.6 is 0 Å². The molecule has 1 fully saturated rings. The van der Waals surface area contributed by atoms with Crippen molar-refractivity contribution in [2.45, 2.75) is 39.2 Å². The summed E-state index contributed by atoms with van der Waals surface area (Å²) in [5, 5.41) is 11.7. The number of hydrogen-bond acceptors (Lipinski definition) is 2. The molecule has 0 aliphatic carbocycles. The molecule has 1 aliphatic rings. The van der Waals surface area contributed by atoms with E-state index >= 15 is 0 Å². The number of likely N-dealkylation sites (tertiary alicyclic amines) is 1. The highest BCUT2D eigenvalue weighted by molar-refractivity contribution is 5.83. The quantitative estimate of drug-likeness (QED) is 0.761. The first-order valence-electron chi connectivity index (χ1n) is 5.79. The lowest BCUT2D eigenvalue weighted by Gasteiger charge is -2.22. The highest BCUT2D eigenvalue weighted by atomic mass is 16.4. The summed E-state index contributed by atoms with van der Waals surface area (Å²) in [7, 11) is 0. The van der Waals surface area contributed by atoms with Gasteiger partial charge in [0.2, 0.25) is 0 Å². The monoisotopic (exact) mass is 228 g/mol. The van der Waals surface area contributed by atoms with Crippen LogP contribution in [0.2, 0.25) is 0 Å². The second-order valence-electron chi connectivity index (χ2n) is 4.60. The van der Waals surface area contributed by atoms with E-state index in [-0.39, 0.29) is 6.03 Å². The molecule has 2 N–H and O–H groups in total. The van der Waals surface area contributed by atoms with Crippen molar-refractivity contribution in [3.63, 3.8) is 0 Å². The number of carboxylic acid groups (broad SMARTS) is 1. The topological polar surface area (TPSA) is 69.6 Å². The van der Waals surface area contributed by atoms with Gasteiger partial charge in [0.15, 0.2) is 0 Å². The van der Waals surface area contributed by atoms with E-state index in [0.29, 0.717) is 25.4 Å². The van der Waals surface area contributed by atoms with Crippen LogP contribution in [0, 0.1) is 5.92 Å². The Morgan fingerprint density at radius 3 is 2.75 bits per heavy atom. The first-order valence-corrected chi connectivity index (χ1v) is 5.79. The Labute approximate surface area is 95.8 Å². The smallest absolute Gasteiger partial charge is 0.326 e. The molecule has 1 saturated heterocycles. The van der Waals surface area contributed by atoms with E-state index in [2.05, 4.69) is 19.2 Å². The predicted molar refractivity (Wildman–Crippen MR) is 60.2 cm³/mol. The Morgan fingerprint density at radius 1 is 1.50 bits per heavy atom. The third-order valence-corrected chi connectivity index (χ3v) is 2.80. The van der Waals surface area contributed by atoms with Gasteiger partial charge in [-0.15, -0.1) is 0 Å². The zero-order valence-corrected chi connectivity index (χ0v) is 9.90. The van der Waals surface area contributed by atoms with Crippen LogP contribution in [-0.2, 0) is 4.79 Å². The maximum absolute atomic E-state index is 11.7. The maximum Gasteiger partial charge on any atom is 0.326 e. The Balaban J connectivity index is 2.38. The number of hydrogen-bond donors (Lipinski definition) is 2. The van der Waals surface area contributed by atoms with Crippen molar-refractivity contribution in [3.8, 4) is 0 Å². The first kappa shape index (κ1) is 12.8. The number of nitrogens with zero attached hydrogens (tertiary/aromatic N) is 1. The Bertz CT molecular complexity index is 266. The van der Waals surface area contributed by atoms with Gasteiger partial charge in [0, 0.05) is 13.1 Å². The van der Waals surface area contributed by atoms with Gasteiger partial charge in [0.05, 0.1) is 0 Å². The molecule has 0 spiro atoms. The molecule has 0 aromatic heterocycles. The summed E-state index contributed by atoms with van der Waals surface area (Å²) in [4.78, 5) is 24.0. The molecule has 1 aliphatic heterocycles. The van der Waals surface area contributed by atoms with E-state index in [9.17, 15) is 9.59 Å². The third-order valence-electron chi connectivity index (χ3n) is 2.80. The number of carbonyl (C=O) groups is 2. The van der Waals surface area contributed by atoms with Gasteiger partial charge in [-0.05, 0) is 25.2 Å². The maximum atomic E-state index is 11.7. The summed E-state index contributed by atoms with van der Waals surface area (Å²) in [5.74, 6) is -0.370. The molecule has 0 saturated carbocycles. The number of aliphatic carboxylic acids is 1. The minimum Gasteiger partial charge on any atom is -0.480 e. The summed E-state index contributed by atoms with van der Waals surface area (Å²) in [6.07, 6.45) is 2.25. The molecule has 0 aromatic rings. The Kier molecular flexibility index (Phi) is 4.58. The largest absolute Gasteiger partial charge is 0.480 e. The van der Waals surface area contributed by atoms with E-state index in [1.165, 1.54) is 4.90 Å². The van der Waals surface area contributed by atoms with Crippen molar-refractivity contribution in [1.82, 2.24) is 10.2 Å². The van der Waals surface area contributed by atoms with Crippen molar-refractivity contribution < 1.29 is 14.7 Å². The van der Waals surface area contributed by atoms with Crippen molar-refractivity contribution in [2.24, 2.45) is 5.92 Å². The summed E-state index contributed by atoms with van der Waals surface area (Å²) in [6, 6.07) is -0.885.